The van der Waals surface area contributed by atoms with Crippen molar-refractivity contribution in [2.75, 3.05) is 0 Å². The van der Waals surface area contributed by atoms with Gasteiger partial charge in [0.05, 0.1) is 5.60 Å². The minimum atomic E-state index is -1.08. The molecule has 7 heteroatoms. The van der Waals surface area contributed by atoms with Crippen molar-refractivity contribution in [1.29, 1.82) is 0 Å². The highest BCUT2D eigenvalue weighted by Gasteiger charge is 2.50. The van der Waals surface area contributed by atoms with Gasteiger partial charge in [0.2, 0.25) is 0 Å². The van der Waals surface area contributed by atoms with E-state index in [1.807, 2.05) is 0 Å². The molecule has 0 radical (unpaired) electrons. The Morgan fingerprint density at radius 2 is 1.75 bits per heavy atom. The fraction of sp³-hybridized carbons (Fsp3) is 0.727. The predicted octanol–water partition coefficient (Wildman–Crippen LogP) is 6.39. The molecule has 0 aromatic heterocycles. The van der Waals surface area contributed by atoms with Gasteiger partial charge in [0.1, 0.15) is 18.3 Å². The van der Waals surface area contributed by atoms with Gasteiger partial charge in [0, 0.05) is 33.6 Å². The maximum absolute atomic E-state index is 11.7. The highest BCUT2D eigenvalue weighted by molar-refractivity contribution is 5.67. The van der Waals surface area contributed by atoms with Crippen molar-refractivity contribution in [2.24, 2.45) is 23.2 Å². The van der Waals surface area contributed by atoms with Crippen LogP contribution in [0.4, 0.5) is 0 Å². The summed E-state index contributed by atoms with van der Waals surface area (Å²) in [7, 11) is 0. The Kier molecular flexibility index (Phi) is 10.5. The van der Waals surface area contributed by atoms with Crippen LogP contribution in [0.15, 0.2) is 35.5 Å². The van der Waals surface area contributed by atoms with Crippen molar-refractivity contribution < 1.29 is 33.7 Å². The number of hydrogen-bond donors (Lipinski definition) is 1. The molecule has 3 fully saturated rings. The maximum Gasteiger partial charge on any atom is 0.303 e. The van der Waals surface area contributed by atoms with Gasteiger partial charge in [-0.2, -0.15) is 0 Å². The number of rotatable bonds is 9. The van der Waals surface area contributed by atoms with Crippen LogP contribution in [0.1, 0.15) is 106 Å². The third-order valence-electron chi connectivity index (χ3n) is 9.57. The molecule has 0 aliphatic heterocycles. The summed E-state index contributed by atoms with van der Waals surface area (Å²) in [5.74, 6) is 0.424. The Morgan fingerprint density at radius 1 is 1.07 bits per heavy atom. The van der Waals surface area contributed by atoms with Gasteiger partial charge in [-0.3, -0.25) is 14.4 Å². The number of fused-ring (bicyclic) bond motifs is 1. The number of esters is 3. The van der Waals surface area contributed by atoms with E-state index in [0.29, 0.717) is 37.0 Å². The highest BCUT2D eigenvalue weighted by atomic mass is 16.6. The van der Waals surface area contributed by atoms with Crippen molar-refractivity contribution in [3.63, 3.8) is 0 Å². The van der Waals surface area contributed by atoms with Crippen LogP contribution in [-0.4, -0.2) is 46.9 Å². The molecule has 3 rings (SSSR count). The van der Waals surface area contributed by atoms with Gasteiger partial charge in [-0.25, -0.2) is 0 Å². The first-order chi connectivity index (χ1) is 18.6. The van der Waals surface area contributed by atoms with Crippen LogP contribution in [0.2, 0.25) is 0 Å². The van der Waals surface area contributed by atoms with Crippen LogP contribution in [0.5, 0.6) is 0 Å². The number of ether oxygens (including phenoxy) is 3. The molecular formula is C33H50O7. The Labute approximate surface area is 240 Å². The lowest BCUT2D eigenvalue weighted by Crippen LogP contribution is -2.40. The van der Waals surface area contributed by atoms with Crippen LogP contribution in [0.25, 0.3) is 0 Å². The molecule has 0 aromatic carbocycles. The van der Waals surface area contributed by atoms with E-state index in [2.05, 4.69) is 32.6 Å². The van der Waals surface area contributed by atoms with Crippen molar-refractivity contribution in [1.82, 2.24) is 0 Å². The number of carbonyl (C=O) groups excluding carboxylic acids is 3. The van der Waals surface area contributed by atoms with Gasteiger partial charge in [-0.15, -0.1) is 0 Å². The molecule has 0 spiro atoms. The summed E-state index contributed by atoms with van der Waals surface area (Å²) in [6.45, 7) is 16.6. The molecule has 0 aromatic rings. The fourth-order valence-electron chi connectivity index (χ4n) is 7.66. The first kappa shape index (κ1) is 32.1. The lowest BCUT2D eigenvalue weighted by Gasteiger charge is -2.44. The molecule has 3 saturated carbocycles. The quantitative estimate of drug-likeness (QED) is 0.259. The van der Waals surface area contributed by atoms with E-state index < -0.39 is 17.8 Å². The van der Waals surface area contributed by atoms with Gasteiger partial charge in [-0.1, -0.05) is 38.2 Å². The van der Waals surface area contributed by atoms with Crippen LogP contribution in [0, 0.1) is 23.2 Å². The van der Waals surface area contributed by atoms with Crippen LogP contribution in [0.3, 0.4) is 0 Å². The first-order valence-corrected chi connectivity index (χ1v) is 14.9. The zero-order valence-electron chi connectivity index (χ0n) is 25.6. The normalized spacial score (nSPS) is 32.4. The second kappa shape index (κ2) is 13.1. The van der Waals surface area contributed by atoms with Gasteiger partial charge >= 0.3 is 17.9 Å². The van der Waals surface area contributed by atoms with Crippen LogP contribution in [-0.2, 0) is 28.6 Å². The molecule has 7 atom stereocenters. The average Bonchev–Trinajstić information content (AvgIpc) is 3.18. The van der Waals surface area contributed by atoms with Crippen molar-refractivity contribution in [3.05, 3.63) is 35.5 Å². The standard InChI is InChI=1S/C33H50O7/c1-20(11-16-31(32(6,7)37)40-24(5)36)28-14-15-29-25(10-9-17-33(28,29)8)12-13-26-18-27(38-22(3)34)19-30(21(26)2)39-23(4)35/h12-13,20,27-31,37H,2,9-11,14-19H2,1,3-8H3/b25-12?,26-13-/t20-,27-,28-,29?,30-,31+,33-/m1/s1. The van der Waals surface area contributed by atoms with Crippen LogP contribution < -0.4 is 0 Å². The second-order valence-corrected chi connectivity index (χ2v) is 13.1. The molecule has 0 saturated heterocycles. The monoisotopic (exact) mass is 558 g/mol. The third-order valence-corrected chi connectivity index (χ3v) is 9.57. The summed E-state index contributed by atoms with van der Waals surface area (Å²) in [6.07, 6.45) is 11.2. The number of hydrogen-bond acceptors (Lipinski definition) is 7. The molecule has 0 amide bonds. The Balaban J connectivity index is 1.76. The van der Waals surface area contributed by atoms with Gasteiger partial charge in [0.15, 0.2) is 0 Å². The zero-order chi connectivity index (χ0) is 29.8. The number of aliphatic hydroxyl groups is 1. The molecule has 1 unspecified atom stereocenters. The Bertz CT molecular complexity index is 1030. The molecule has 40 heavy (non-hydrogen) atoms. The minimum absolute atomic E-state index is 0.192. The fourth-order valence-corrected chi connectivity index (χ4v) is 7.66. The van der Waals surface area contributed by atoms with Gasteiger partial charge in [-0.05, 0) is 93.1 Å². The summed E-state index contributed by atoms with van der Waals surface area (Å²) in [6, 6.07) is 0. The summed E-state index contributed by atoms with van der Waals surface area (Å²) < 4.78 is 16.5. The topological polar surface area (TPSA) is 99.1 Å². The molecule has 3 aliphatic rings. The van der Waals surface area contributed by atoms with Crippen molar-refractivity contribution in [3.8, 4) is 0 Å². The maximum atomic E-state index is 11.7. The molecule has 224 valence electrons. The lowest BCUT2D eigenvalue weighted by molar-refractivity contribution is -0.160. The van der Waals surface area contributed by atoms with Gasteiger partial charge in [0.25, 0.3) is 0 Å². The molecule has 3 aliphatic carbocycles. The zero-order valence-corrected chi connectivity index (χ0v) is 25.6. The highest BCUT2D eigenvalue weighted by Crippen LogP contribution is 2.60. The predicted molar refractivity (Wildman–Crippen MR) is 154 cm³/mol. The van der Waals surface area contributed by atoms with E-state index in [1.54, 1.807) is 13.8 Å². The Morgan fingerprint density at radius 3 is 2.35 bits per heavy atom. The summed E-state index contributed by atoms with van der Waals surface area (Å²) >= 11 is 0. The first-order valence-electron chi connectivity index (χ1n) is 14.9. The van der Waals surface area contributed by atoms with E-state index in [1.165, 1.54) is 32.8 Å². The van der Waals surface area contributed by atoms with Crippen LogP contribution >= 0.6 is 0 Å². The van der Waals surface area contributed by atoms with E-state index >= 15 is 0 Å². The number of carbonyl (C=O) groups is 3. The summed E-state index contributed by atoms with van der Waals surface area (Å²) in [5, 5.41) is 10.5. The minimum Gasteiger partial charge on any atom is -0.462 e. The molecule has 1 N–H and O–H groups in total. The SMILES string of the molecule is C=C1/C(=C\C=C2CCC[C@@]3(C)C2CC[C@@H]3[C@H](C)CC[C@H](OC(C)=O)C(C)(C)O)C[C@@H](OC(C)=O)C[C@H]1OC(C)=O. The Hall–Kier alpha value is -2.41. The summed E-state index contributed by atoms with van der Waals surface area (Å²) in [4.78, 5) is 34.9. The van der Waals surface area contributed by atoms with E-state index in [-0.39, 0.29) is 29.4 Å². The average molecular weight is 559 g/mol. The van der Waals surface area contributed by atoms with E-state index in [9.17, 15) is 19.5 Å². The summed E-state index contributed by atoms with van der Waals surface area (Å²) in [5.41, 5.74) is 2.32. The van der Waals surface area contributed by atoms with E-state index in [0.717, 1.165) is 43.3 Å². The molecular weight excluding hydrogens is 508 g/mol. The second-order valence-electron chi connectivity index (χ2n) is 13.1. The lowest BCUT2D eigenvalue weighted by atomic mass is 9.60. The molecule has 0 heterocycles. The third kappa shape index (κ3) is 7.86. The van der Waals surface area contributed by atoms with Gasteiger partial charge < -0.3 is 19.3 Å². The van der Waals surface area contributed by atoms with E-state index in [4.69, 9.17) is 14.2 Å². The number of allylic oxidation sites excluding steroid dienone is 3. The van der Waals surface area contributed by atoms with Crippen molar-refractivity contribution in [2.45, 2.75) is 130 Å². The smallest absolute Gasteiger partial charge is 0.303 e. The van der Waals surface area contributed by atoms with Crippen molar-refractivity contribution >= 4 is 17.9 Å². The largest absolute Gasteiger partial charge is 0.462 e. The molecule has 0 bridgehead atoms. The molecule has 7 nitrogen and oxygen atoms in total.